The van der Waals surface area contributed by atoms with Crippen molar-refractivity contribution in [1.82, 2.24) is 9.80 Å². The molecule has 6 nitrogen and oxygen atoms in total. The Morgan fingerprint density at radius 2 is 1.86 bits per heavy atom. The fourth-order valence-electron chi connectivity index (χ4n) is 3.49. The summed E-state index contributed by atoms with van der Waals surface area (Å²) in [6.45, 7) is 9.43. The molecule has 1 atom stereocenters. The summed E-state index contributed by atoms with van der Waals surface area (Å²) < 4.78 is 17.4. The molecule has 0 N–H and O–H groups in total. The molecule has 1 heterocycles. The van der Waals surface area contributed by atoms with Crippen molar-refractivity contribution in [1.29, 1.82) is 0 Å². The van der Waals surface area contributed by atoms with Crippen LogP contribution in [0, 0.1) is 5.92 Å². The summed E-state index contributed by atoms with van der Waals surface area (Å²) in [5.41, 5.74) is 0.925. The molecule has 156 valence electrons. The summed E-state index contributed by atoms with van der Waals surface area (Å²) in [7, 11) is -2.08. The molecule has 1 aliphatic heterocycles. The number of rotatable bonds is 9. The second-order valence-corrected chi connectivity index (χ2v) is 11.8. The van der Waals surface area contributed by atoms with Crippen LogP contribution in [0.25, 0.3) is 0 Å². The fraction of sp³-hybridized carbons (Fsp3) is 0.619. The van der Waals surface area contributed by atoms with E-state index in [1.165, 1.54) is 0 Å². The first-order chi connectivity index (χ1) is 13.2. The van der Waals surface area contributed by atoms with E-state index in [0.717, 1.165) is 12.0 Å². The molecule has 1 saturated heterocycles. The van der Waals surface area contributed by atoms with Crippen molar-refractivity contribution >= 4 is 19.1 Å². The highest BCUT2D eigenvalue weighted by Gasteiger charge is 2.37. The number of hydrogen-bond acceptors (Lipinski definition) is 4. The molecule has 2 rings (SSSR count). The third-order valence-electron chi connectivity index (χ3n) is 4.90. The van der Waals surface area contributed by atoms with E-state index >= 15 is 0 Å². The van der Waals surface area contributed by atoms with Crippen LogP contribution in [0.3, 0.4) is 0 Å². The van der Waals surface area contributed by atoms with Crippen LogP contribution in [0.5, 0.6) is 0 Å². The third-order valence-corrected chi connectivity index (χ3v) is 6.29. The molecule has 2 amide bonds. The smallest absolute Gasteiger partial charge is 0.329 e. The monoisotopic (exact) mass is 408 g/mol. The number of carbonyl (C=O) groups is 2. The van der Waals surface area contributed by atoms with Crippen LogP contribution in [0.1, 0.15) is 32.3 Å². The highest BCUT2D eigenvalue weighted by molar-refractivity contribution is 7.62. The topological polar surface area (TPSA) is 66.9 Å². The lowest BCUT2D eigenvalue weighted by Crippen LogP contribution is -2.57. The lowest BCUT2D eigenvalue weighted by atomic mass is 10.0. The number of carbonyl (C=O) groups excluding carboxylic acids is 2. The van der Waals surface area contributed by atoms with Crippen molar-refractivity contribution in [2.45, 2.75) is 39.3 Å². The summed E-state index contributed by atoms with van der Waals surface area (Å²) in [5, 5.41) is 0. The van der Waals surface area contributed by atoms with E-state index in [0.29, 0.717) is 32.2 Å². The lowest BCUT2D eigenvalue weighted by Gasteiger charge is -2.40. The maximum atomic E-state index is 13.0. The maximum absolute atomic E-state index is 13.0. The first kappa shape index (κ1) is 22.5. The predicted molar refractivity (Wildman–Crippen MR) is 112 cm³/mol. The second-order valence-electron chi connectivity index (χ2n) is 8.25. The molecule has 1 aromatic rings. The zero-order valence-electron chi connectivity index (χ0n) is 17.5. The maximum Gasteiger partial charge on any atom is 0.329 e. The van der Waals surface area contributed by atoms with E-state index in [4.69, 9.17) is 4.74 Å². The molecule has 1 unspecified atom stereocenters. The second kappa shape index (κ2) is 10.1. The number of hydrogen-bond donors (Lipinski definition) is 0. The van der Waals surface area contributed by atoms with Gasteiger partial charge in [-0.05, 0) is 37.7 Å². The van der Waals surface area contributed by atoms with Crippen LogP contribution in [0.15, 0.2) is 30.3 Å². The van der Waals surface area contributed by atoms with Crippen molar-refractivity contribution in [3.8, 4) is 0 Å². The molecular weight excluding hydrogens is 375 g/mol. The van der Waals surface area contributed by atoms with Gasteiger partial charge in [0, 0.05) is 25.8 Å². The van der Waals surface area contributed by atoms with Crippen LogP contribution in [0.4, 0.5) is 4.79 Å². The average Bonchev–Trinajstić information content (AvgIpc) is 2.62. The van der Waals surface area contributed by atoms with Crippen LogP contribution in [-0.2, 0) is 20.7 Å². The summed E-state index contributed by atoms with van der Waals surface area (Å²) in [5.74, 6) is -0.403. The Labute approximate surface area is 168 Å². The molecule has 7 heteroatoms. The van der Waals surface area contributed by atoms with Crippen molar-refractivity contribution in [2.24, 2.45) is 5.92 Å². The Morgan fingerprint density at radius 3 is 2.46 bits per heavy atom. The Bertz CT molecular complexity index is 702. The standard InChI is InChI=1S/C21H33N2O4P/c1-17(2)19(20(24)27-16-18-10-6-5-7-11-18)23-14-8-12-22(21(23)25)13-9-15-28(3,4)26/h5-7,10-11,17,19H,8-9,12-16H2,1-4H3. The van der Waals surface area contributed by atoms with Gasteiger partial charge in [-0.2, -0.15) is 0 Å². The van der Waals surface area contributed by atoms with E-state index in [1.54, 1.807) is 23.1 Å². The average molecular weight is 408 g/mol. The zero-order valence-corrected chi connectivity index (χ0v) is 18.4. The Morgan fingerprint density at radius 1 is 1.18 bits per heavy atom. The molecule has 0 radical (unpaired) electrons. The van der Waals surface area contributed by atoms with Crippen molar-refractivity contribution in [2.75, 3.05) is 39.1 Å². The van der Waals surface area contributed by atoms with Gasteiger partial charge in [0.2, 0.25) is 0 Å². The number of nitrogens with zero attached hydrogens (tertiary/aromatic N) is 2. The highest BCUT2D eigenvalue weighted by atomic mass is 31.2. The van der Waals surface area contributed by atoms with Gasteiger partial charge in [-0.15, -0.1) is 0 Å². The first-order valence-corrected chi connectivity index (χ1v) is 12.8. The molecule has 0 bridgehead atoms. The van der Waals surface area contributed by atoms with Gasteiger partial charge >= 0.3 is 12.0 Å². The Kier molecular flexibility index (Phi) is 8.11. The molecule has 1 aromatic carbocycles. The minimum Gasteiger partial charge on any atom is -0.459 e. The van der Waals surface area contributed by atoms with Gasteiger partial charge in [-0.25, -0.2) is 9.59 Å². The van der Waals surface area contributed by atoms with Crippen LogP contribution < -0.4 is 0 Å². The van der Waals surface area contributed by atoms with Gasteiger partial charge in [0.15, 0.2) is 0 Å². The summed E-state index contributed by atoms with van der Waals surface area (Å²) in [4.78, 5) is 29.2. The van der Waals surface area contributed by atoms with E-state index in [1.807, 2.05) is 44.2 Å². The Balaban J connectivity index is 1.99. The van der Waals surface area contributed by atoms with Gasteiger partial charge in [-0.3, -0.25) is 0 Å². The third kappa shape index (κ3) is 6.66. The zero-order chi connectivity index (χ0) is 20.7. The predicted octanol–water partition coefficient (Wildman–Crippen LogP) is 3.89. The molecule has 0 saturated carbocycles. The van der Waals surface area contributed by atoms with Crippen LogP contribution >= 0.6 is 7.14 Å². The molecule has 28 heavy (non-hydrogen) atoms. The highest BCUT2D eigenvalue weighted by Crippen LogP contribution is 2.36. The molecule has 0 aliphatic carbocycles. The normalized spacial score (nSPS) is 16.4. The van der Waals surface area contributed by atoms with Gasteiger partial charge in [0.25, 0.3) is 0 Å². The van der Waals surface area contributed by atoms with Gasteiger partial charge in [-0.1, -0.05) is 44.2 Å². The molecule has 1 aliphatic rings. The molecule has 0 aromatic heterocycles. The Hall–Kier alpha value is -1.81. The summed E-state index contributed by atoms with van der Waals surface area (Å²) >= 11 is 0. The van der Waals surface area contributed by atoms with Crippen molar-refractivity contribution in [3.63, 3.8) is 0 Å². The fourth-order valence-corrected chi connectivity index (χ4v) is 4.39. The lowest BCUT2D eigenvalue weighted by molar-refractivity contribution is -0.152. The van der Waals surface area contributed by atoms with E-state index in [-0.39, 0.29) is 24.5 Å². The summed E-state index contributed by atoms with van der Waals surface area (Å²) in [6.07, 6.45) is 2.16. The number of ether oxygens (including phenoxy) is 1. The van der Waals surface area contributed by atoms with Crippen molar-refractivity contribution in [3.05, 3.63) is 35.9 Å². The largest absolute Gasteiger partial charge is 0.459 e. The SMILES string of the molecule is CC(C)C(C(=O)OCc1ccccc1)N1CCCN(CCCP(C)(C)=O)C1=O. The van der Waals surface area contributed by atoms with E-state index in [9.17, 15) is 14.2 Å². The van der Waals surface area contributed by atoms with Gasteiger partial charge in [0.1, 0.15) is 12.6 Å². The van der Waals surface area contributed by atoms with E-state index in [2.05, 4.69) is 0 Å². The first-order valence-electron chi connectivity index (χ1n) is 9.99. The van der Waals surface area contributed by atoms with Gasteiger partial charge in [0.05, 0.1) is 7.14 Å². The van der Waals surface area contributed by atoms with Crippen molar-refractivity contribution < 1.29 is 18.9 Å². The number of esters is 1. The quantitative estimate of drug-likeness (QED) is 0.459. The molecule has 0 spiro atoms. The van der Waals surface area contributed by atoms with Crippen LogP contribution in [0.2, 0.25) is 0 Å². The molecular formula is C21H33N2O4P. The minimum atomic E-state index is -2.08. The van der Waals surface area contributed by atoms with Gasteiger partial charge < -0.3 is 19.1 Å². The van der Waals surface area contributed by atoms with Crippen LogP contribution in [-0.4, -0.2) is 67.0 Å². The number of urea groups is 1. The number of benzene rings is 1. The minimum absolute atomic E-state index is 0.0429. The summed E-state index contributed by atoms with van der Waals surface area (Å²) in [6, 6.07) is 8.82. The number of amides is 2. The molecule has 1 fully saturated rings. The van der Waals surface area contributed by atoms with E-state index < -0.39 is 13.2 Å².